The van der Waals surface area contributed by atoms with Crippen molar-refractivity contribution in [3.8, 4) is 5.75 Å². The Morgan fingerprint density at radius 3 is 2.75 bits per heavy atom. The lowest BCUT2D eigenvalue weighted by molar-refractivity contribution is 0.476. The maximum absolute atomic E-state index is 12.2. The number of benzene rings is 1. The van der Waals surface area contributed by atoms with Gasteiger partial charge in [0.05, 0.1) is 5.39 Å². The molecule has 0 radical (unpaired) electrons. The van der Waals surface area contributed by atoms with Crippen LogP contribution in [0.4, 0.5) is 0 Å². The second-order valence-corrected chi connectivity index (χ2v) is 4.49. The molecule has 0 aliphatic heterocycles. The Morgan fingerprint density at radius 1 is 1.31 bits per heavy atom. The highest BCUT2D eigenvalue weighted by atomic mass is 16.3. The number of hydrogen-bond acceptors (Lipinski definition) is 2. The molecular formula is C13H13NO2. The third kappa shape index (κ3) is 1.32. The largest absolute Gasteiger partial charge is 0.508 e. The van der Waals surface area contributed by atoms with Crippen LogP contribution in [-0.4, -0.2) is 9.67 Å². The molecule has 1 N–H and O–H groups in total. The number of aryl methyl sites for hydroxylation is 1. The van der Waals surface area contributed by atoms with Crippen molar-refractivity contribution >= 4 is 10.8 Å². The third-order valence-electron chi connectivity index (χ3n) is 3.17. The fourth-order valence-corrected chi connectivity index (χ4v) is 2.15. The van der Waals surface area contributed by atoms with Crippen molar-refractivity contribution in [2.45, 2.75) is 25.8 Å². The van der Waals surface area contributed by atoms with E-state index in [-0.39, 0.29) is 11.3 Å². The van der Waals surface area contributed by atoms with Gasteiger partial charge in [-0.2, -0.15) is 0 Å². The van der Waals surface area contributed by atoms with Gasteiger partial charge in [0.2, 0.25) is 0 Å². The molecule has 2 aromatic rings. The van der Waals surface area contributed by atoms with Crippen LogP contribution in [-0.2, 0) is 0 Å². The van der Waals surface area contributed by atoms with Crippen LogP contribution in [0.5, 0.6) is 5.75 Å². The van der Waals surface area contributed by atoms with Gasteiger partial charge in [0.25, 0.3) is 5.56 Å². The maximum Gasteiger partial charge on any atom is 0.258 e. The predicted octanol–water partition coefficient (Wildman–Crippen LogP) is 2.35. The van der Waals surface area contributed by atoms with Crippen LogP contribution >= 0.6 is 0 Å². The van der Waals surface area contributed by atoms with Gasteiger partial charge >= 0.3 is 0 Å². The zero-order chi connectivity index (χ0) is 11.3. The Balaban J connectivity index is 2.41. The minimum absolute atomic E-state index is 0.0130. The van der Waals surface area contributed by atoms with Gasteiger partial charge in [-0.25, -0.2) is 0 Å². The second-order valence-electron chi connectivity index (χ2n) is 4.49. The Kier molecular flexibility index (Phi) is 1.84. The fraction of sp³-hybridized carbons (Fsp3) is 0.308. The molecule has 1 saturated carbocycles. The predicted molar refractivity (Wildman–Crippen MR) is 62.9 cm³/mol. The monoisotopic (exact) mass is 215 g/mol. The average molecular weight is 215 g/mol. The van der Waals surface area contributed by atoms with Gasteiger partial charge in [-0.15, -0.1) is 0 Å². The molecule has 82 valence electrons. The van der Waals surface area contributed by atoms with E-state index in [9.17, 15) is 9.90 Å². The lowest BCUT2D eigenvalue weighted by Gasteiger charge is -2.08. The van der Waals surface area contributed by atoms with Crippen molar-refractivity contribution in [2.24, 2.45) is 0 Å². The highest BCUT2D eigenvalue weighted by Crippen LogP contribution is 2.34. The van der Waals surface area contributed by atoms with Gasteiger partial charge in [0.15, 0.2) is 0 Å². The van der Waals surface area contributed by atoms with Crippen molar-refractivity contribution in [1.29, 1.82) is 0 Å². The number of aromatic hydroxyl groups is 1. The molecule has 16 heavy (non-hydrogen) atoms. The molecule has 0 atom stereocenters. The van der Waals surface area contributed by atoms with E-state index < -0.39 is 0 Å². The van der Waals surface area contributed by atoms with E-state index in [2.05, 4.69) is 0 Å². The number of pyridine rings is 1. The summed E-state index contributed by atoms with van der Waals surface area (Å²) in [5.41, 5.74) is 1.10. The minimum Gasteiger partial charge on any atom is -0.508 e. The van der Waals surface area contributed by atoms with Crippen molar-refractivity contribution in [2.75, 3.05) is 0 Å². The van der Waals surface area contributed by atoms with Gasteiger partial charge in [-0.1, -0.05) is 6.07 Å². The van der Waals surface area contributed by atoms with E-state index in [1.807, 2.05) is 13.1 Å². The highest BCUT2D eigenvalue weighted by molar-refractivity contribution is 5.85. The zero-order valence-electron chi connectivity index (χ0n) is 9.10. The number of rotatable bonds is 1. The standard InChI is InChI=1S/C13H13NO2/c1-8-7-14(9-2-3-9)13(16)12-6-10(15)4-5-11(8)12/h4-7,9,15H,2-3H2,1H3. The summed E-state index contributed by atoms with van der Waals surface area (Å²) in [6.07, 6.45) is 4.10. The normalized spacial score (nSPS) is 15.6. The van der Waals surface area contributed by atoms with E-state index in [0.29, 0.717) is 11.4 Å². The first-order valence-electron chi connectivity index (χ1n) is 5.51. The highest BCUT2D eigenvalue weighted by Gasteiger charge is 2.25. The molecule has 3 heteroatoms. The summed E-state index contributed by atoms with van der Waals surface area (Å²) in [6, 6.07) is 5.36. The molecule has 0 saturated heterocycles. The first-order chi connectivity index (χ1) is 7.66. The molecule has 1 aromatic carbocycles. The van der Waals surface area contributed by atoms with Crippen molar-refractivity contribution in [3.05, 3.63) is 40.3 Å². The fourth-order valence-electron chi connectivity index (χ4n) is 2.15. The van der Waals surface area contributed by atoms with Crippen LogP contribution in [0.25, 0.3) is 10.8 Å². The molecule has 1 aliphatic rings. The Bertz CT molecular complexity index is 624. The number of aromatic nitrogens is 1. The van der Waals surface area contributed by atoms with Gasteiger partial charge in [-0.3, -0.25) is 4.79 Å². The number of nitrogens with zero attached hydrogens (tertiary/aromatic N) is 1. The topological polar surface area (TPSA) is 42.2 Å². The first kappa shape index (κ1) is 9.46. The van der Waals surface area contributed by atoms with Gasteiger partial charge < -0.3 is 9.67 Å². The van der Waals surface area contributed by atoms with Crippen LogP contribution in [0.2, 0.25) is 0 Å². The van der Waals surface area contributed by atoms with Gasteiger partial charge in [0.1, 0.15) is 5.75 Å². The molecule has 1 aliphatic carbocycles. The molecule has 3 nitrogen and oxygen atoms in total. The zero-order valence-corrected chi connectivity index (χ0v) is 9.10. The summed E-state index contributed by atoms with van der Waals surface area (Å²) in [5, 5.41) is 11.0. The SMILES string of the molecule is Cc1cn(C2CC2)c(=O)c2cc(O)ccc12. The summed E-state index contributed by atoms with van der Waals surface area (Å²) in [6.45, 7) is 2.00. The lowest BCUT2D eigenvalue weighted by Crippen LogP contribution is -2.19. The molecule has 0 spiro atoms. The minimum atomic E-state index is 0.0130. The second kappa shape index (κ2) is 3.11. The molecule has 1 aromatic heterocycles. The third-order valence-corrected chi connectivity index (χ3v) is 3.17. The first-order valence-corrected chi connectivity index (χ1v) is 5.51. The van der Waals surface area contributed by atoms with Crippen molar-refractivity contribution in [3.63, 3.8) is 0 Å². The van der Waals surface area contributed by atoms with E-state index in [4.69, 9.17) is 0 Å². The maximum atomic E-state index is 12.2. The van der Waals surface area contributed by atoms with E-state index >= 15 is 0 Å². The van der Waals surface area contributed by atoms with E-state index in [1.165, 1.54) is 0 Å². The van der Waals surface area contributed by atoms with Crippen LogP contribution in [0.1, 0.15) is 24.4 Å². The van der Waals surface area contributed by atoms with Crippen molar-refractivity contribution < 1.29 is 5.11 Å². The quantitative estimate of drug-likeness (QED) is 0.793. The Morgan fingerprint density at radius 2 is 2.06 bits per heavy atom. The summed E-state index contributed by atoms with van der Waals surface area (Å²) in [7, 11) is 0. The van der Waals surface area contributed by atoms with Crippen LogP contribution in [0.15, 0.2) is 29.2 Å². The summed E-state index contributed by atoms with van der Waals surface area (Å²) in [4.78, 5) is 12.2. The number of hydrogen-bond donors (Lipinski definition) is 1. The number of phenols is 1. The van der Waals surface area contributed by atoms with E-state index in [0.717, 1.165) is 23.8 Å². The number of fused-ring (bicyclic) bond motifs is 1. The van der Waals surface area contributed by atoms with Gasteiger partial charge in [0, 0.05) is 12.2 Å². The van der Waals surface area contributed by atoms with Crippen LogP contribution in [0.3, 0.4) is 0 Å². The molecule has 0 bridgehead atoms. The Labute approximate surface area is 93.0 Å². The summed E-state index contributed by atoms with van der Waals surface area (Å²) >= 11 is 0. The number of phenolic OH excluding ortho intramolecular Hbond substituents is 1. The molecular weight excluding hydrogens is 202 g/mol. The summed E-state index contributed by atoms with van der Waals surface area (Å²) < 4.78 is 1.80. The molecule has 1 fully saturated rings. The van der Waals surface area contributed by atoms with Gasteiger partial charge in [-0.05, 0) is 42.8 Å². The van der Waals surface area contributed by atoms with Crippen molar-refractivity contribution in [1.82, 2.24) is 4.57 Å². The average Bonchev–Trinajstić information content (AvgIpc) is 3.07. The summed E-state index contributed by atoms with van der Waals surface area (Å²) in [5.74, 6) is 0.151. The van der Waals surface area contributed by atoms with Crippen LogP contribution < -0.4 is 5.56 Å². The Hall–Kier alpha value is -1.77. The molecule has 1 heterocycles. The molecule has 0 unspecified atom stereocenters. The molecule has 3 rings (SSSR count). The lowest BCUT2D eigenvalue weighted by atomic mass is 10.1. The smallest absolute Gasteiger partial charge is 0.258 e. The molecule has 0 amide bonds. The van der Waals surface area contributed by atoms with Crippen LogP contribution in [0, 0.1) is 6.92 Å². The van der Waals surface area contributed by atoms with E-state index in [1.54, 1.807) is 22.8 Å².